The Bertz CT molecular complexity index is 1070. The van der Waals surface area contributed by atoms with Gasteiger partial charge in [0.05, 0.1) is 12.1 Å². The lowest BCUT2D eigenvalue weighted by molar-refractivity contribution is -0.115. The number of nitrogens with one attached hydrogen (secondary N) is 1. The van der Waals surface area contributed by atoms with E-state index in [1.807, 2.05) is 72.4 Å². The summed E-state index contributed by atoms with van der Waals surface area (Å²) in [6.45, 7) is 0. The van der Waals surface area contributed by atoms with Crippen molar-refractivity contribution in [2.75, 3.05) is 5.32 Å². The van der Waals surface area contributed by atoms with Crippen LogP contribution < -0.4 is 5.32 Å². The first-order valence-corrected chi connectivity index (χ1v) is 9.54. The molecule has 0 spiro atoms. The second-order valence-electron chi connectivity index (χ2n) is 6.18. The standard InChI is InChI=1S/C21H18N4O2S/c1-25-12-11-22-21(25)28-18-9-7-16(8-10-18)23-19(26)13-17-14-27-20(24-17)15-5-3-2-4-6-15/h2-12,14H,13H2,1H3,(H,23,26). The summed E-state index contributed by atoms with van der Waals surface area (Å²) in [5.41, 5.74) is 2.22. The van der Waals surface area contributed by atoms with Crippen LogP contribution in [0.1, 0.15) is 5.69 Å². The fraction of sp³-hybridized carbons (Fsp3) is 0.0952. The molecule has 0 aliphatic carbocycles. The fourth-order valence-corrected chi connectivity index (χ4v) is 3.43. The van der Waals surface area contributed by atoms with Crippen molar-refractivity contribution in [3.05, 3.63) is 78.9 Å². The SMILES string of the molecule is Cn1ccnc1Sc1ccc(NC(=O)Cc2coc(-c3ccccc3)n2)cc1. The normalized spacial score (nSPS) is 10.8. The fourth-order valence-electron chi connectivity index (χ4n) is 2.63. The monoisotopic (exact) mass is 390 g/mol. The number of hydrogen-bond acceptors (Lipinski definition) is 5. The first kappa shape index (κ1) is 18.1. The van der Waals surface area contributed by atoms with Crippen molar-refractivity contribution < 1.29 is 9.21 Å². The zero-order valence-electron chi connectivity index (χ0n) is 15.2. The number of benzene rings is 2. The molecule has 0 fully saturated rings. The van der Waals surface area contributed by atoms with Crippen molar-refractivity contribution in [3.63, 3.8) is 0 Å². The van der Waals surface area contributed by atoms with Crippen LogP contribution in [0.4, 0.5) is 5.69 Å². The van der Waals surface area contributed by atoms with Gasteiger partial charge in [-0.1, -0.05) is 30.0 Å². The van der Waals surface area contributed by atoms with Crippen LogP contribution in [-0.2, 0) is 18.3 Å². The van der Waals surface area contributed by atoms with E-state index in [1.54, 1.807) is 18.0 Å². The average molecular weight is 390 g/mol. The van der Waals surface area contributed by atoms with Crippen LogP contribution in [0, 0.1) is 0 Å². The van der Waals surface area contributed by atoms with Crippen LogP contribution in [0.15, 0.2) is 87.7 Å². The molecule has 0 unspecified atom stereocenters. The Morgan fingerprint density at radius 1 is 1.14 bits per heavy atom. The molecular formula is C21H18N4O2S. The molecule has 1 N–H and O–H groups in total. The Hall–Kier alpha value is -3.32. The topological polar surface area (TPSA) is 73.0 Å². The summed E-state index contributed by atoms with van der Waals surface area (Å²) in [5, 5.41) is 3.80. The lowest BCUT2D eigenvalue weighted by Gasteiger charge is -2.06. The molecular weight excluding hydrogens is 372 g/mol. The zero-order chi connectivity index (χ0) is 19.3. The Morgan fingerprint density at radius 2 is 1.93 bits per heavy atom. The van der Waals surface area contributed by atoms with Crippen molar-refractivity contribution >= 4 is 23.4 Å². The molecule has 4 aromatic rings. The van der Waals surface area contributed by atoms with Gasteiger partial charge in [0.25, 0.3) is 0 Å². The predicted octanol–water partition coefficient (Wildman–Crippen LogP) is 4.41. The predicted molar refractivity (Wildman–Crippen MR) is 108 cm³/mol. The van der Waals surface area contributed by atoms with E-state index in [2.05, 4.69) is 15.3 Å². The number of anilines is 1. The highest BCUT2D eigenvalue weighted by Gasteiger charge is 2.11. The molecule has 6 nitrogen and oxygen atoms in total. The van der Waals surface area contributed by atoms with Gasteiger partial charge < -0.3 is 14.3 Å². The average Bonchev–Trinajstić information content (AvgIpc) is 3.33. The van der Waals surface area contributed by atoms with Crippen LogP contribution in [0.25, 0.3) is 11.5 Å². The Kier molecular flexibility index (Phi) is 5.25. The highest BCUT2D eigenvalue weighted by molar-refractivity contribution is 7.99. The molecule has 7 heteroatoms. The van der Waals surface area contributed by atoms with E-state index in [1.165, 1.54) is 6.26 Å². The van der Waals surface area contributed by atoms with Gasteiger partial charge in [-0.05, 0) is 36.4 Å². The van der Waals surface area contributed by atoms with Crippen molar-refractivity contribution in [1.82, 2.24) is 14.5 Å². The lowest BCUT2D eigenvalue weighted by atomic mass is 10.2. The molecule has 140 valence electrons. The third kappa shape index (κ3) is 4.32. The van der Waals surface area contributed by atoms with Gasteiger partial charge >= 0.3 is 0 Å². The lowest BCUT2D eigenvalue weighted by Crippen LogP contribution is -2.14. The maximum Gasteiger partial charge on any atom is 0.230 e. The number of imidazole rings is 1. The third-order valence-electron chi connectivity index (χ3n) is 4.04. The highest BCUT2D eigenvalue weighted by atomic mass is 32.2. The molecule has 0 saturated carbocycles. The van der Waals surface area contributed by atoms with Crippen molar-refractivity contribution in [2.24, 2.45) is 7.05 Å². The minimum absolute atomic E-state index is 0.141. The molecule has 0 bridgehead atoms. The number of carbonyl (C=O) groups excluding carboxylic acids is 1. The molecule has 2 aromatic heterocycles. The third-order valence-corrected chi connectivity index (χ3v) is 5.12. The molecule has 0 aliphatic rings. The van der Waals surface area contributed by atoms with Crippen LogP contribution in [-0.4, -0.2) is 20.4 Å². The van der Waals surface area contributed by atoms with Crippen molar-refractivity contribution in [1.29, 1.82) is 0 Å². The summed E-state index contributed by atoms with van der Waals surface area (Å²) in [7, 11) is 1.96. The maximum absolute atomic E-state index is 12.3. The van der Waals surface area contributed by atoms with E-state index in [-0.39, 0.29) is 12.3 Å². The summed E-state index contributed by atoms with van der Waals surface area (Å²) < 4.78 is 7.44. The van der Waals surface area contributed by atoms with E-state index in [0.29, 0.717) is 11.6 Å². The van der Waals surface area contributed by atoms with Crippen LogP contribution >= 0.6 is 11.8 Å². The highest BCUT2D eigenvalue weighted by Crippen LogP contribution is 2.26. The van der Waals surface area contributed by atoms with E-state index in [9.17, 15) is 4.79 Å². The summed E-state index contributed by atoms with van der Waals surface area (Å²) in [6.07, 6.45) is 5.35. The Morgan fingerprint density at radius 3 is 2.64 bits per heavy atom. The number of carbonyl (C=O) groups is 1. The number of aryl methyl sites for hydroxylation is 1. The van der Waals surface area contributed by atoms with Gasteiger partial charge in [-0.15, -0.1) is 0 Å². The molecule has 28 heavy (non-hydrogen) atoms. The Labute approximate surface area is 166 Å². The van der Waals surface area contributed by atoms with E-state index in [0.717, 1.165) is 21.3 Å². The van der Waals surface area contributed by atoms with E-state index in [4.69, 9.17) is 4.42 Å². The number of rotatable bonds is 6. The molecule has 0 aliphatic heterocycles. The number of hydrogen-bond donors (Lipinski definition) is 1. The van der Waals surface area contributed by atoms with Crippen molar-refractivity contribution in [3.8, 4) is 11.5 Å². The van der Waals surface area contributed by atoms with Gasteiger partial charge in [0.1, 0.15) is 6.26 Å². The number of oxazole rings is 1. The summed E-state index contributed by atoms with van der Waals surface area (Å²) in [6, 6.07) is 17.3. The smallest absolute Gasteiger partial charge is 0.230 e. The number of aromatic nitrogens is 3. The van der Waals surface area contributed by atoms with Gasteiger partial charge in [0.15, 0.2) is 5.16 Å². The first-order valence-electron chi connectivity index (χ1n) is 8.72. The number of amides is 1. The van der Waals surface area contributed by atoms with Gasteiger partial charge in [0, 0.05) is 35.6 Å². The van der Waals surface area contributed by atoms with Gasteiger partial charge in [-0.2, -0.15) is 0 Å². The second kappa shape index (κ2) is 8.14. The second-order valence-corrected chi connectivity index (χ2v) is 7.22. The summed E-state index contributed by atoms with van der Waals surface area (Å²) in [5.74, 6) is 0.372. The molecule has 1 amide bonds. The van der Waals surface area contributed by atoms with Gasteiger partial charge in [-0.3, -0.25) is 4.79 Å². The minimum atomic E-state index is -0.141. The number of nitrogens with zero attached hydrogens (tertiary/aromatic N) is 3. The van der Waals surface area contributed by atoms with Crippen LogP contribution in [0.2, 0.25) is 0 Å². The summed E-state index contributed by atoms with van der Waals surface area (Å²) in [4.78, 5) is 22.0. The van der Waals surface area contributed by atoms with Crippen LogP contribution in [0.5, 0.6) is 0 Å². The largest absolute Gasteiger partial charge is 0.444 e. The van der Waals surface area contributed by atoms with Crippen molar-refractivity contribution in [2.45, 2.75) is 16.5 Å². The van der Waals surface area contributed by atoms with E-state index >= 15 is 0 Å². The van der Waals surface area contributed by atoms with E-state index < -0.39 is 0 Å². The van der Waals surface area contributed by atoms with Gasteiger partial charge in [-0.25, -0.2) is 9.97 Å². The maximum atomic E-state index is 12.3. The molecule has 0 radical (unpaired) electrons. The molecule has 0 atom stereocenters. The molecule has 0 saturated heterocycles. The minimum Gasteiger partial charge on any atom is -0.444 e. The summed E-state index contributed by atoms with van der Waals surface area (Å²) >= 11 is 1.57. The van der Waals surface area contributed by atoms with Crippen LogP contribution in [0.3, 0.4) is 0 Å². The molecule has 2 heterocycles. The molecule has 4 rings (SSSR count). The van der Waals surface area contributed by atoms with Gasteiger partial charge in [0.2, 0.25) is 11.8 Å². The quantitative estimate of drug-likeness (QED) is 0.528. The first-order chi connectivity index (χ1) is 13.7. The Balaban J connectivity index is 1.35. The molecule has 2 aromatic carbocycles. The zero-order valence-corrected chi connectivity index (χ0v) is 16.0.